The Morgan fingerprint density at radius 2 is 1.77 bits per heavy atom. The van der Waals surface area contributed by atoms with Crippen LogP contribution in [0.1, 0.15) is 18.9 Å². The first-order chi connectivity index (χ1) is 14.3. The van der Waals surface area contributed by atoms with E-state index in [1.54, 1.807) is 29.2 Å². The molecular weight excluding hydrogens is 415 g/mol. The van der Waals surface area contributed by atoms with Crippen molar-refractivity contribution in [1.82, 2.24) is 24.2 Å². The van der Waals surface area contributed by atoms with Crippen LogP contribution in [0.3, 0.4) is 0 Å². The summed E-state index contributed by atoms with van der Waals surface area (Å²) in [5.74, 6) is 0.544. The van der Waals surface area contributed by atoms with Crippen molar-refractivity contribution in [1.29, 1.82) is 0 Å². The van der Waals surface area contributed by atoms with Gasteiger partial charge in [-0.25, -0.2) is 4.68 Å². The highest BCUT2D eigenvalue weighted by Crippen LogP contribution is 2.23. The number of aromatic nitrogens is 4. The van der Waals surface area contributed by atoms with Crippen LogP contribution in [-0.2, 0) is 19.8 Å². The van der Waals surface area contributed by atoms with E-state index in [4.69, 9.17) is 17.3 Å². The van der Waals surface area contributed by atoms with Crippen LogP contribution in [0.5, 0.6) is 5.75 Å². The zero-order chi connectivity index (χ0) is 21.7. The molecule has 0 aliphatic heterocycles. The number of pyridine rings is 1. The van der Waals surface area contributed by atoms with Crippen LogP contribution in [0.4, 0.5) is 13.2 Å². The number of benzene rings is 1. The molecule has 0 saturated heterocycles. The van der Waals surface area contributed by atoms with Gasteiger partial charge in [0.25, 0.3) is 0 Å². The van der Waals surface area contributed by atoms with E-state index in [1.165, 1.54) is 12.1 Å². The number of halogens is 3. The number of nitrogens with zero attached hydrogens (tertiary/aromatic N) is 5. The lowest BCUT2D eigenvalue weighted by molar-refractivity contribution is -0.274. The number of hydrogen-bond acceptors (Lipinski definition) is 5. The highest BCUT2D eigenvalue weighted by atomic mass is 32.1. The molecule has 0 fully saturated rings. The fourth-order valence-corrected chi connectivity index (χ4v) is 3.34. The molecule has 2 aromatic heterocycles. The van der Waals surface area contributed by atoms with Gasteiger partial charge in [0.15, 0.2) is 10.6 Å². The lowest BCUT2D eigenvalue weighted by Gasteiger charge is -2.17. The summed E-state index contributed by atoms with van der Waals surface area (Å²) in [5, 5.41) is 4.70. The quantitative estimate of drug-likeness (QED) is 0.471. The summed E-state index contributed by atoms with van der Waals surface area (Å²) >= 11 is 5.63. The summed E-state index contributed by atoms with van der Waals surface area (Å²) in [5.41, 5.74) is 1.78. The maximum absolute atomic E-state index is 12.3. The van der Waals surface area contributed by atoms with Gasteiger partial charge in [0.1, 0.15) is 5.75 Å². The highest BCUT2D eigenvalue weighted by Gasteiger charge is 2.30. The van der Waals surface area contributed by atoms with Gasteiger partial charge in [-0.05, 0) is 55.5 Å². The van der Waals surface area contributed by atoms with Crippen LogP contribution in [-0.4, -0.2) is 37.6 Å². The van der Waals surface area contributed by atoms with E-state index in [2.05, 4.69) is 16.6 Å². The topological polar surface area (TPSA) is 48.1 Å². The molecule has 0 radical (unpaired) electrons. The van der Waals surface area contributed by atoms with Crippen molar-refractivity contribution in [2.45, 2.75) is 39.5 Å². The maximum Gasteiger partial charge on any atom is 0.573 e. The van der Waals surface area contributed by atoms with Gasteiger partial charge in [0.05, 0.1) is 6.67 Å². The van der Waals surface area contributed by atoms with Gasteiger partial charge in [-0.1, -0.05) is 19.1 Å². The van der Waals surface area contributed by atoms with E-state index in [9.17, 15) is 13.2 Å². The fraction of sp³-hybridized carbons (Fsp3) is 0.350. The van der Waals surface area contributed by atoms with Gasteiger partial charge in [-0.15, -0.1) is 13.2 Å². The van der Waals surface area contributed by atoms with Crippen molar-refractivity contribution in [3.05, 3.63) is 59.1 Å². The molecule has 10 heteroatoms. The molecule has 0 saturated carbocycles. The van der Waals surface area contributed by atoms with Gasteiger partial charge < -0.3 is 4.74 Å². The standard InChI is InChI=1S/C20H22F3N5OS/c1-3-12-27-18(16-8-10-24-11-9-16)25-28(19(27)30)14-26(2)13-15-4-6-17(7-5-15)29-20(21,22)23/h4-11H,3,12-14H2,1-2H3. The average molecular weight is 437 g/mol. The predicted octanol–water partition coefficient (Wildman–Crippen LogP) is 4.87. The number of rotatable bonds is 8. The molecule has 3 aromatic rings. The monoisotopic (exact) mass is 437 g/mol. The Morgan fingerprint density at radius 1 is 1.10 bits per heavy atom. The van der Waals surface area contributed by atoms with Gasteiger partial charge >= 0.3 is 6.36 Å². The first kappa shape index (κ1) is 22.0. The Bertz CT molecular complexity index is 1020. The lowest BCUT2D eigenvalue weighted by Crippen LogP contribution is -2.22. The van der Waals surface area contributed by atoms with Crippen LogP contribution < -0.4 is 4.74 Å². The first-order valence-electron chi connectivity index (χ1n) is 9.38. The fourth-order valence-electron chi connectivity index (χ4n) is 3.06. The van der Waals surface area contributed by atoms with E-state index >= 15 is 0 Å². The molecule has 0 aliphatic carbocycles. The minimum Gasteiger partial charge on any atom is -0.406 e. The molecule has 1 aromatic carbocycles. The molecule has 0 bridgehead atoms. The van der Waals surface area contributed by atoms with E-state index in [0.717, 1.165) is 29.9 Å². The number of alkyl halides is 3. The summed E-state index contributed by atoms with van der Waals surface area (Å²) in [4.78, 5) is 6.03. The highest BCUT2D eigenvalue weighted by molar-refractivity contribution is 7.71. The van der Waals surface area contributed by atoms with Crippen LogP contribution in [0.15, 0.2) is 48.8 Å². The van der Waals surface area contributed by atoms with Gasteiger partial charge in [0, 0.05) is 31.0 Å². The molecule has 0 aliphatic rings. The average Bonchev–Trinajstić information content (AvgIpc) is 2.99. The molecule has 0 N–H and O–H groups in total. The van der Waals surface area contributed by atoms with Gasteiger partial charge in [-0.3, -0.25) is 14.5 Å². The predicted molar refractivity (Wildman–Crippen MR) is 109 cm³/mol. The van der Waals surface area contributed by atoms with Crippen LogP contribution in [0, 0.1) is 4.77 Å². The minimum absolute atomic E-state index is 0.239. The minimum atomic E-state index is -4.70. The molecule has 0 unspecified atom stereocenters. The van der Waals surface area contributed by atoms with E-state index < -0.39 is 6.36 Å². The summed E-state index contributed by atoms with van der Waals surface area (Å²) in [6.07, 6.45) is -0.350. The van der Waals surface area contributed by atoms with Gasteiger partial charge in [0.2, 0.25) is 0 Å². The molecule has 0 spiro atoms. The van der Waals surface area contributed by atoms with E-state index in [-0.39, 0.29) is 5.75 Å². The smallest absolute Gasteiger partial charge is 0.406 e. The Morgan fingerprint density at radius 3 is 2.37 bits per heavy atom. The van der Waals surface area contributed by atoms with E-state index in [0.29, 0.717) is 18.0 Å². The van der Waals surface area contributed by atoms with Crippen LogP contribution in [0.2, 0.25) is 0 Å². The number of ether oxygens (including phenoxy) is 1. The molecule has 30 heavy (non-hydrogen) atoms. The van der Waals surface area contributed by atoms with Crippen LogP contribution in [0.25, 0.3) is 11.4 Å². The third-order valence-corrected chi connectivity index (χ3v) is 4.72. The lowest BCUT2D eigenvalue weighted by atomic mass is 10.2. The second-order valence-electron chi connectivity index (χ2n) is 6.84. The Hall–Kier alpha value is -2.72. The molecule has 0 amide bonds. The van der Waals surface area contributed by atoms with Crippen molar-refractivity contribution >= 4 is 12.2 Å². The van der Waals surface area contributed by atoms with Crippen molar-refractivity contribution < 1.29 is 17.9 Å². The van der Waals surface area contributed by atoms with E-state index in [1.807, 2.05) is 28.6 Å². The third kappa shape index (κ3) is 5.67. The van der Waals surface area contributed by atoms with Crippen molar-refractivity contribution in [3.63, 3.8) is 0 Å². The molecule has 2 heterocycles. The Balaban J connectivity index is 1.73. The summed E-state index contributed by atoms with van der Waals surface area (Å²) in [6.45, 7) is 3.78. The van der Waals surface area contributed by atoms with Crippen molar-refractivity contribution in [2.24, 2.45) is 0 Å². The van der Waals surface area contributed by atoms with Gasteiger partial charge in [-0.2, -0.15) is 5.10 Å². The molecular formula is C20H22F3N5OS. The second-order valence-corrected chi connectivity index (χ2v) is 7.21. The number of hydrogen-bond donors (Lipinski definition) is 0. The zero-order valence-corrected chi connectivity index (χ0v) is 17.5. The normalized spacial score (nSPS) is 11.8. The maximum atomic E-state index is 12.3. The molecule has 0 atom stereocenters. The molecule has 6 nitrogen and oxygen atoms in total. The second kappa shape index (κ2) is 9.40. The summed E-state index contributed by atoms with van der Waals surface area (Å²) in [7, 11) is 1.90. The van der Waals surface area contributed by atoms with Crippen LogP contribution >= 0.6 is 12.2 Å². The SMILES string of the molecule is CCCn1c(-c2ccncc2)nn(CN(C)Cc2ccc(OC(F)(F)F)cc2)c1=S. The van der Waals surface area contributed by atoms with Crippen molar-refractivity contribution in [3.8, 4) is 17.1 Å². The van der Waals surface area contributed by atoms with Crippen molar-refractivity contribution in [2.75, 3.05) is 7.05 Å². The summed E-state index contributed by atoms with van der Waals surface area (Å²) in [6, 6.07) is 9.60. The Kier molecular flexibility index (Phi) is 6.88. The zero-order valence-electron chi connectivity index (χ0n) is 16.6. The summed E-state index contributed by atoms with van der Waals surface area (Å²) < 4.78 is 45.1. The third-order valence-electron chi connectivity index (χ3n) is 4.29. The first-order valence-corrected chi connectivity index (χ1v) is 9.79. The molecule has 3 rings (SSSR count). The largest absolute Gasteiger partial charge is 0.573 e. The Labute approximate surface area is 177 Å². The molecule has 160 valence electrons.